The van der Waals surface area contributed by atoms with Crippen LogP contribution < -0.4 is 20.7 Å². The fourth-order valence-electron chi connectivity index (χ4n) is 3.81. The van der Waals surface area contributed by atoms with Crippen LogP contribution in [0.15, 0.2) is 97.1 Å². The first-order valence-corrected chi connectivity index (χ1v) is 14.4. The van der Waals surface area contributed by atoms with Crippen molar-refractivity contribution in [2.45, 2.75) is 45.9 Å². The minimum absolute atomic E-state index is 0.219. The van der Waals surface area contributed by atoms with Crippen LogP contribution in [0.1, 0.15) is 37.5 Å². The highest BCUT2D eigenvalue weighted by Crippen LogP contribution is 2.33. The van der Waals surface area contributed by atoms with Crippen LogP contribution >= 0.6 is 34.8 Å². The summed E-state index contributed by atoms with van der Waals surface area (Å²) in [5.74, 6) is 0.194. The van der Waals surface area contributed by atoms with Crippen molar-refractivity contribution in [1.29, 1.82) is 0 Å². The molecule has 0 radical (unpaired) electrons. The number of hydrogen-bond acceptors (Lipinski definition) is 3. The number of ether oxygens (including phenoxy) is 1. The summed E-state index contributed by atoms with van der Waals surface area (Å²) in [5, 5.41) is 10.2. The third-order valence-corrected chi connectivity index (χ3v) is 7.57. The van der Waals surface area contributed by atoms with Gasteiger partial charge < -0.3 is 20.7 Å². The molecule has 0 aliphatic rings. The largest absolute Gasteiger partial charge is 0.479 e. The summed E-state index contributed by atoms with van der Waals surface area (Å²) in [6.45, 7) is 7.80. The number of urea groups is 1. The van der Waals surface area contributed by atoms with Gasteiger partial charge in [-0.05, 0) is 74.7 Å². The number of carbonyl (C=O) groups is 2. The molecule has 42 heavy (non-hydrogen) atoms. The van der Waals surface area contributed by atoms with Gasteiger partial charge >= 0.3 is 6.03 Å². The molecule has 0 aromatic heterocycles. The average Bonchev–Trinajstić information content (AvgIpc) is 2.98. The van der Waals surface area contributed by atoms with E-state index in [0.717, 1.165) is 22.4 Å². The number of hydrogen-bond donors (Lipinski definition) is 3. The van der Waals surface area contributed by atoms with Gasteiger partial charge in [0.1, 0.15) is 5.75 Å². The fraction of sp³-hybridized carbons (Fsp3) is 0.212. The second-order valence-electron chi connectivity index (χ2n) is 9.99. The van der Waals surface area contributed by atoms with Crippen molar-refractivity contribution in [3.05, 3.63) is 129 Å². The van der Waals surface area contributed by atoms with Gasteiger partial charge in [-0.3, -0.25) is 4.79 Å². The van der Waals surface area contributed by atoms with Gasteiger partial charge in [-0.1, -0.05) is 102 Å². The zero-order valence-electron chi connectivity index (χ0n) is 23.9. The van der Waals surface area contributed by atoms with E-state index >= 15 is 0 Å². The summed E-state index contributed by atoms with van der Waals surface area (Å²) in [6, 6.07) is 29.7. The molecular formula is C33H34Cl3N3O3. The van der Waals surface area contributed by atoms with Gasteiger partial charge in [-0.25, -0.2) is 4.79 Å². The minimum Gasteiger partial charge on any atom is -0.479 e. The number of para-hydroxylation sites is 1. The molecular weight excluding hydrogens is 593 g/mol. The van der Waals surface area contributed by atoms with Gasteiger partial charge in [0, 0.05) is 22.3 Å². The molecule has 4 aromatic carbocycles. The predicted octanol–water partition coefficient (Wildman–Crippen LogP) is 8.78. The molecule has 3 amide bonds. The molecule has 220 valence electrons. The van der Waals surface area contributed by atoms with Crippen LogP contribution in [0, 0.1) is 6.92 Å². The summed E-state index contributed by atoms with van der Waals surface area (Å²) < 4.78 is 5.61. The van der Waals surface area contributed by atoms with Crippen LogP contribution in [-0.4, -0.2) is 18.0 Å². The number of benzene rings is 4. The maximum atomic E-state index is 12.1. The Kier molecular flexibility index (Phi) is 12.1. The van der Waals surface area contributed by atoms with Crippen LogP contribution in [0.2, 0.25) is 15.1 Å². The Morgan fingerprint density at radius 3 is 2.05 bits per heavy atom. The molecule has 1 unspecified atom stereocenters. The Labute approximate surface area is 262 Å². The second-order valence-corrected chi connectivity index (χ2v) is 11.2. The highest BCUT2D eigenvalue weighted by molar-refractivity contribution is 6.36. The third-order valence-electron chi connectivity index (χ3n) is 6.32. The molecule has 3 N–H and O–H groups in total. The topological polar surface area (TPSA) is 79.5 Å². The zero-order chi connectivity index (χ0) is 30.7. The molecule has 0 aliphatic heterocycles. The van der Waals surface area contributed by atoms with Crippen LogP contribution in [0.3, 0.4) is 0 Å². The normalized spacial score (nSPS) is 11.4. The lowest BCUT2D eigenvalue weighted by atomic mass is 9.95. The summed E-state index contributed by atoms with van der Waals surface area (Å²) in [4.78, 5) is 24.1. The Bertz CT molecular complexity index is 1480. The lowest BCUT2D eigenvalue weighted by Gasteiger charge is -2.27. The molecule has 0 fully saturated rings. The highest BCUT2D eigenvalue weighted by atomic mass is 35.5. The van der Waals surface area contributed by atoms with Gasteiger partial charge in [-0.2, -0.15) is 0 Å². The molecule has 6 nitrogen and oxygen atoms in total. The van der Waals surface area contributed by atoms with E-state index in [1.54, 1.807) is 26.0 Å². The minimum atomic E-state index is -0.678. The van der Waals surface area contributed by atoms with E-state index < -0.39 is 11.6 Å². The first-order valence-electron chi connectivity index (χ1n) is 13.3. The van der Waals surface area contributed by atoms with E-state index in [9.17, 15) is 9.59 Å². The Morgan fingerprint density at radius 1 is 0.810 bits per heavy atom. The Hall–Kier alpha value is -3.71. The molecule has 0 heterocycles. The van der Waals surface area contributed by atoms with Crippen LogP contribution in [0.4, 0.5) is 10.5 Å². The van der Waals surface area contributed by atoms with Crippen molar-refractivity contribution in [2.75, 3.05) is 5.32 Å². The summed E-state index contributed by atoms with van der Waals surface area (Å²) >= 11 is 18.2. The molecule has 1 atom stereocenters. The van der Waals surface area contributed by atoms with Crippen LogP contribution in [0.5, 0.6) is 5.75 Å². The summed E-state index contributed by atoms with van der Waals surface area (Å²) in [6.07, 6.45) is -0.678. The zero-order valence-corrected chi connectivity index (χ0v) is 26.1. The van der Waals surface area contributed by atoms with E-state index in [4.69, 9.17) is 39.5 Å². The number of amides is 3. The van der Waals surface area contributed by atoms with E-state index in [1.165, 1.54) is 0 Å². The standard InChI is InChI=1S/C17H19ClN2O.C16H15Cl2NO2/c1-17(2,14-9-4-3-5-10-14)20-16(21)19-12-13-8-6-7-11-15(13)18;1-10-13(17)8-9-14(15(10)18)21-11(2)16(20)19-12-6-4-3-5-7-12/h3-11H,12H2,1-2H3,(H2,19,20,21);3-9,11H,1-2H3,(H,19,20). The van der Waals surface area contributed by atoms with E-state index in [1.807, 2.05) is 98.8 Å². The smallest absolute Gasteiger partial charge is 0.315 e. The van der Waals surface area contributed by atoms with Crippen molar-refractivity contribution >= 4 is 52.4 Å². The number of carbonyl (C=O) groups excluding carboxylic acids is 2. The Balaban J connectivity index is 0.000000230. The fourth-order valence-corrected chi connectivity index (χ4v) is 4.43. The average molecular weight is 627 g/mol. The molecule has 0 saturated heterocycles. The van der Waals surface area contributed by atoms with Gasteiger partial charge in [0.05, 0.1) is 10.6 Å². The third kappa shape index (κ3) is 9.69. The first-order chi connectivity index (χ1) is 20.0. The van der Waals surface area contributed by atoms with Crippen LogP contribution in [0.25, 0.3) is 0 Å². The SMILES string of the molecule is CC(C)(NC(=O)NCc1ccccc1Cl)c1ccccc1.Cc1c(Cl)ccc(OC(C)C(=O)Nc2ccccc2)c1Cl. The lowest BCUT2D eigenvalue weighted by molar-refractivity contribution is -0.122. The molecule has 0 spiro atoms. The van der Waals surface area contributed by atoms with Crippen molar-refractivity contribution in [1.82, 2.24) is 10.6 Å². The molecule has 4 aromatic rings. The number of anilines is 1. The van der Waals surface area contributed by atoms with E-state index in [2.05, 4.69) is 16.0 Å². The maximum Gasteiger partial charge on any atom is 0.315 e. The molecule has 9 heteroatoms. The molecule has 4 rings (SSSR count). The van der Waals surface area contributed by atoms with E-state index in [-0.39, 0.29) is 11.9 Å². The van der Waals surface area contributed by atoms with Crippen molar-refractivity contribution in [2.24, 2.45) is 0 Å². The van der Waals surface area contributed by atoms with Crippen molar-refractivity contribution < 1.29 is 14.3 Å². The van der Waals surface area contributed by atoms with E-state index in [0.29, 0.717) is 27.4 Å². The number of rotatable bonds is 8. The van der Waals surface area contributed by atoms with Crippen molar-refractivity contribution in [3.8, 4) is 5.75 Å². The highest BCUT2D eigenvalue weighted by Gasteiger charge is 2.22. The number of nitrogens with one attached hydrogen (secondary N) is 3. The van der Waals surface area contributed by atoms with Gasteiger partial charge in [0.2, 0.25) is 0 Å². The molecule has 0 saturated carbocycles. The first kappa shape index (κ1) is 32.8. The monoisotopic (exact) mass is 625 g/mol. The number of halogens is 3. The second kappa shape index (κ2) is 15.5. The van der Waals surface area contributed by atoms with Crippen molar-refractivity contribution in [3.63, 3.8) is 0 Å². The van der Waals surface area contributed by atoms with Crippen LogP contribution in [-0.2, 0) is 16.9 Å². The summed E-state index contributed by atoms with van der Waals surface area (Å²) in [5.41, 5.74) is 2.96. The van der Waals surface area contributed by atoms with Gasteiger partial charge in [0.15, 0.2) is 6.10 Å². The molecule has 0 aliphatic carbocycles. The lowest BCUT2D eigenvalue weighted by Crippen LogP contribution is -2.46. The maximum absolute atomic E-state index is 12.1. The predicted molar refractivity (Wildman–Crippen MR) is 173 cm³/mol. The quantitative estimate of drug-likeness (QED) is 0.183. The van der Waals surface area contributed by atoms with Gasteiger partial charge in [-0.15, -0.1) is 0 Å². The Morgan fingerprint density at radius 2 is 1.40 bits per heavy atom. The summed E-state index contributed by atoms with van der Waals surface area (Å²) in [7, 11) is 0. The molecule has 0 bridgehead atoms. The van der Waals surface area contributed by atoms with Gasteiger partial charge in [0.25, 0.3) is 5.91 Å².